The lowest BCUT2D eigenvalue weighted by atomic mass is 10.2. The first kappa shape index (κ1) is 20.0. The van der Waals surface area contributed by atoms with Crippen molar-refractivity contribution in [2.45, 2.75) is 6.61 Å². The summed E-state index contributed by atoms with van der Waals surface area (Å²) in [6.45, 7) is -3.72. The maximum absolute atomic E-state index is 12.4. The number of esters is 1. The van der Waals surface area contributed by atoms with Crippen LogP contribution in [0.3, 0.4) is 0 Å². The average Bonchev–Trinajstić information content (AvgIpc) is 2.65. The Hall–Kier alpha value is -3.36. The Labute approximate surface area is 153 Å². The molecule has 0 aliphatic rings. The van der Waals surface area contributed by atoms with Gasteiger partial charge in [-0.2, -0.15) is 8.78 Å². The summed E-state index contributed by atoms with van der Waals surface area (Å²) in [4.78, 5) is 24.0. The number of nitrogens with one attached hydrogen (secondary N) is 1. The number of carbonyl (C=O) groups excluding carboxylic acids is 2. The number of anilines is 1. The van der Waals surface area contributed by atoms with Crippen LogP contribution < -0.4 is 19.5 Å². The van der Waals surface area contributed by atoms with Gasteiger partial charge in [0.15, 0.2) is 6.61 Å². The predicted molar refractivity (Wildman–Crippen MR) is 91.5 cm³/mol. The smallest absolute Gasteiger partial charge is 0.387 e. The summed E-state index contributed by atoms with van der Waals surface area (Å²) in [5.74, 6) is -1.02. The van der Waals surface area contributed by atoms with Crippen LogP contribution in [-0.4, -0.2) is 39.3 Å². The minimum atomic E-state index is -3.09. The lowest BCUT2D eigenvalue weighted by Crippen LogP contribution is -2.21. The highest BCUT2D eigenvalue weighted by Crippen LogP contribution is 2.26. The Morgan fingerprint density at radius 3 is 2.26 bits per heavy atom. The third-order valence-corrected chi connectivity index (χ3v) is 3.29. The minimum Gasteiger partial charge on any atom is -0.497 e. The van der Waals surface area contributed by atoms with Crippen LogP contribution in [0.1, 0.15) is 10.4 Å². The van der Waals surface area contributed by atoms with E-state index in [1.54, 1.807) is 18.2 Å². The molecule has 0 heterocycles. The summed E-state index contributed by atoms with van der Waals surface area (Å²) in [7, 11) is 2.92. The maximum atomic E-state index is 12.4. The van der Waals surface area contributed by atoms with Crippen molar-refractivity contribution >= 4 is 17.6 Å². The molecule has 0 atom stereocenters. The first-order chi connectivity index (χ1) is 12.9. The second-order valence-electron chi connectivity index (χ2n) is 5.10. The van der Waals surface area contributed by atoms with Crippen molar-refractivity contribution < 1.29 is 37.3 Å². The fourth-order valence-corrected chi connectivity index (χ4v) is 2.12. The minimum absolute atomic E-state index is 0.214. The number of carbonyl (C=O) groups is 2. The van der Waals surface area contributed by atoms with Gasteiger partial charge in [0.2, 0.25) is 0 Å². The SMILES string of the molecule is COc1cc(NC(=O)COC(=O)c2ccccc2OC(F)F)cc(OC)c1. The molecular weight excluding hydrogens is 364 g/mol. The van der Waals surface area contributed by atoms with E-state index in [0.717, 1.165) is 0 Å². The molecule has 0 spiro atoms. The van der Waals surface area contributed by atoms with Crippen molar-refractivity contribution in [3.63, 3.8) is 0 Å². The lowest BCUT2D eigenvalue weighted by Gasteiger charge is -2.11. The number of hydrogen-bond acceptors (Lipinski definition) is 6. The zero-order valence-electron chi connectivity index (χ0n) is 14.5. The van der Waals surface area contributed by atoms with Gasteiger partial charge in [-0.25, -0.2) is 4.79 Å². The zero-order chi connectivity index (χ0) is 19.8. The van der Waals surface area contributed by atoms with Gasteiger partial charge >= 0.3 is 12.6 Å². The standard InChI is InChI=1S/C18H17F2NO6/c1-24-12-7-11(8-13(9-12)25-2)21-16(22)10-26-17(23)14-5-3-4-6-15(14)27-18(19)20/h3-9,18H,10H2,1-2H3,(H,21,22). The molecule has 0 aliphatic carbocycles. The van der Waals surface area contributed by atoms with Crippen LogP contribution in [-0.2, 0) is 9.53 Å². The van der Waals surface area contributed by atoms with Gasteiger partial charge in [0.1, 0.15) is 22.8 Å². The Morgan fingerprint density at radius 2 is 1.67 bits per heavy atom. The molecule has 0 radical (unpaired) electrons. The topological polar surface area (TPSA) is 83.1 Å². The molecule has 144 valence electrons. The van der Waals surface area contributed by atoms with Crippen LogP contribution in [0.15, 0.2) is 42.5 Å². The molecule has 2 rings (SSSR count). The molecule has 0 aromatic heterocycles. The van der Waals surface area contributed by atoms with Crippen molar-refractivity contribution in [2.75, 3.05) is 26.1 Å². The monoisotopic (exact) mass is 381 g/mol. The van der Waals surface area contributed by atoms with E-state index in [2.05, 4.69) is 10.1 Å². The Kier molecular flexibility index (Phi) is 6.93. The van der Waals surface area contributed by atoms with Crippen LogP contribution in [0.2, 0.25) is 0 Å². The number of benzene rings is 2. The number of methoxy groups -OCH3 is 2. The van der Waals surface area contributed by atoms with Gasteiger partial charge in [-0.3, -0.25) is 4.79 Å². The number of alkyl halides is 2. The predicted octanol–water partition coefficient (Wildman–Crippen LogP) is 3.10. The van der Waals surface area contributed by atoms with E-state index in [-0.39, 0.29) is 11.3 Å². The molecule has 0 fully saturated rings. The number of hydrogen-bond donors (Lipinski definition) is 1. The van der Waals surface area contributed by atoms with Crippen LogP contribution in [0, 0.1) is 0 Å². The van der Waals surface area contributed by atoms with E-state index in [1.165, 1.54) is 38.5 Å². The fourth-order valence-electron chi connectivity index (χ4n) is 2.12. The van der Waals surface area contributed by atoms with Crippen molar-refractivity contribution in [3.8, 4) is 17.2 Å². The van der Waals surface area contributed by atoms with Gasteiger partial charge in [-0.05, 0) is 12.1 Å². The fraction of sp³-hybridized carbons (Fsp3) is 0.222. The number of rotatable bonds is 8. The average molecular weight is 381 g/mol. The van der Waals surface area contributed by atoms with Crippen LogP contribution >= 0.6 is 0 Å². The van der Waals surface area contributed by atoms with Gasteiger partial charge in [-0.15, -0.1) is 0 Å². The summed E-state index contributed by atoms with van der Waals surface area (Å²) in [5.41, 5.74) is 0.155. The van der Waals surface area contributed by atoms with Crippen molar-refractivity contribution in [1.29, 1.82) is 0 Å². The summed E-state index contributed by atoms with van der Waals surface area (Å²) in [6.07, 6.45) is 0. The molecule has 1 amide bonds. The van der Waals surface area contributed by atoms with Crippen molar-refractivity contribution in [2.24, 2.45) is 0 Å². The van der Waals surface area contributed by atoms with Gasteiger partial charge in [0, 0.05) is 23.9 Å². The first-order valence-electron chi connectivity index (χ1n) is 7.67. The number of para-hydroxylation sites is 1. The molecule has 0 aliphatic heterocycles. The van der Waals surface area contributed by atoms with Gasteiger partial charge in [-0.1, -0.05) is 12.1 Å². The Bertz CT molecular complexity index is 790. The normalized spacial score (nSPS) is 10.3. The molecule has 27 heavy (non-hydrogen) atoms. The molecule has 0 saturated heterocycles. The van der Waals surface area contributed by atoms with E-state index < -0.39 is 25.1 Å². The quantitative estimate of drug-likeness (QED) is 0.708. The summed E-state index contributed by atoms with van der Waals surface area (Å²) >= 11 is 0. The highest BCUT2D eigenvalue weighted by atomic mass is 19.3. The van der Waals surface area contributed by atoms with E-state index >= 15 is 0 Å². The Morgan fingerprint density at radius 1 is 1.04 bits per heavy atom. The Balaban J connectivity index is 1.99. The van der Waals surface area contributed by atoms with E-state index in [9.17, 15) is 18.4 Å². The number of halogens is 2. The van der Waals surface area contributed by atoms with Gasteiger partial charge in [0.25, 0.3) is 5.91 Å². The molecule has 0 unspecified atom stereocenters. The largest absolute Gasteiger partial charge is 0.497 e. The molecular formula is C18H17F2NO6. The van der Waals surface area contributed by atoms with Crippen molar-refractivity contribution in [1.82, 2.24) is 0 Å². The highest BCUT2D eigenvalue weighted by Gasteiger charge is 2.18. The molecule has 9 heteroatoms. The van der Waals surface area contributed by atoms with E-state index in [0.29, 0.717) is 17.2 Å². The molecule has 0 saturated carbocycles. The van der Waals surface area contributed by atoms with Gasteiger partial charge < -0.3 is 24.3 Å². The van der Waals surface area contributed by atoms with E-state index in [4.69, 9.17) is 14.2 Å². The molecule has 2 aromatic rings. The molecule has 2 aromatic carbocycles. The molecule has 7 nitrogen and oxygen atoms in total. The summed E-state index contributed by atoms with van der Waals surface area (Å²) in [5, 5.41) is 2.52. The maximum Gasteiger partial charge on any atom is 0.387 e. The second kappa shape index (κ2) is 9.37. The third-order valence-electron chi connectivity index (χ3n) is 3.29. The molecule has 1 N–H and O–H groups in total. The number of amides is 1. The second-order valence-corrected chi connectivity index (χ2v) is 5.10. The zero-order valence-corrected chi connectivity index (χ0v) is 14.5. The van der Waals surface area contributed by atoms with Gasteiger partial charge in [0.05, 0.1) is 14.2 Å². The summed E-state index contributed by atoms with van der Waals surface area (Å²) in [6, 6.07) is 10.1. The highest BCUT2D eigenvalue weighted by molar-refractivity contribution is 5.97. The van der Waals surface area contributed by atoms with E-state index in [1.807, 2.05) is 0 Å². The third kappa shape index (κ3) is 5.84. The van der Waals surface area contributed by atoms with Crippen LogP contribution in [0.25, 0.3) is 0 Å². The molecule has 0 bridgehead atoms. The van der Waals surface area contributed by atoms with Crippen LogP contribution in [0.5, 0.6) is 17.2 Å². The van der Waals surface area contributed by atoms with Crippen LogP contribution in [0.4, 0.5) is 14.5 Å². The number of ether oxygens (including phenoxy) is 4. The lowest BCUT2D eigenvalue weighted by molar-refractivity contribution is -0.119. The first-order valence-corrected chi connectivity index (χ1v) is 7.67. The van der Waals surface area contributed by atoms with Crippen molar-refractivity contribution in [3.05, 3.63) is 48.0 Å². The summed E-state index contributed by atoms with van der Waals surface area (Å²) < 4.78 is 44.1.